The van der Waals surface area contributed by atoms with Crippen LogP contribution in [0.2, 0.25) is 18.1 Å². The van der Waals surface area contributed by atoms with E-state index in [-0.39, 0.29) is 18.2 Å². The Bertz CT molecular complexity index is 1530. The van der Waals surface area contributed by atoms with E-state index < -0.39 is 26.7 Å². The van der Waals surface area contributed by atoms with Crippen LogP contribution in [-0.2, 0) is 4.79 Å². The second-order valence-electron chi connectivity index (χ2n) is 11.7. The molecule has 1 aliphatic rings. The maximum Gasteiger partial charge on any atom is 0.251 e. The third kappa shape index (κ3) is 8.71. The van der Waals surface area contributed by atoms with E-state index in [4.69, 9.17) is 32.8 Å². The number of amides is 2. The van der Waals surface area contributed by atoms with E-state index in [0.717, 1.165) is 22.0 Å². The Kier molecular flexibility index (Phi) is 11.4. The molecule has 1 heterocycles. The van der Waals surface area contributed by atoms with Crippen molar-refractivity contribution in [3.05, 3.63) is 88.4 Å². The molecule has 0 spiro atoms. The van der Waals surface area contributed by atoms with Crippen molar-refractivity contribution in [1.29, 1.82) is 0 Å². The van der Waals surface area contributed by atoms with Gasteiger partial charge in [0.15, 0.2) is 0 Å². The first-order chi connectivity index (χ1) is 21.4. The molecule has 0 aromatic heterocycles. The van der Waals surface area contributed by atoms with Gasteiger partial charge in [0.1, 0.15) is 11.9 Å². The van der Waals surface area contributed by atoms with Crippen LogP contribution in [0.4, 0.5) is 5.69 Å². The van der Waals surface area contributed by atoms with Crippen LogP contribution < -0.4 is 36.9 Å². The Balaban J connectivity index is 1.40. The van der Waals surface area contributed by atoms with Crippen LogP contribution in [0.3, 0.4) is 0 Å². The number of benzene rings is 3. The first kappa shape index (κ1) is 34.1. The lowest BCUT2D eigenvalue weighted by Gasteiger charge is -2.36. The molecule has 240 valence electrons. The molecular weight excluding hydrogens is 608 g/mol. The molecule has 45 heavy (non-hydrogen) atoms. The van der Waals surface area contributed by atoms with Crippen molar-refractivity contribution in [2.24, 2.45) is 16.5 Å². The number of methoxy groups -OCH3 is 1. The van der Waals surface area contributed by atoms with Gasteiger partial charge in [-0.3, -0.25) is 14.6 Å². The van der Waals surface area contributed by atoms with Crippen molar-refractivity contribution >= 4 is 48.3 Å². The number of nitrogens with one attached hydrogen (secondary N) is 2. The summed E-state index contributed by atoms with van der Waals surface area (Å²) in [7, 11) is -0.898. The summed E-state index contributed by atoms with van der Waals surface area (Å²) in [4.78, 5) is 43.0. The second kappa shape index (κ2) is 15.0. The minimum absolute atomic E-state index is 0.0597. The number of nitrogens with zero attached hydrogens (tertiary/aromatic N) is 2. The Morgan fingerprint density at radius 1 is 1.07 bits per heavy atom. The number of unbranched alkanes of at least 4 members (excludes halogenated alkanes) is 1. The van der Waals surface area contributed by atoms with Crippen molar-refractivity contribution in [2.75, 3.05) is 25.1 Å². The summed E-state index contributed by atoms with van der Waals surface area (Å²) in [5.41, 5.74) is 16.8. The molecule has 0 saturated heterocycles. The molecule has 10 nitrogen and oxygen atoms in total. The fourth-order valence-electron chi connectivity index (χ4n) is 5.29. The summed E-state index contributed by atoms with van der Waals surface area (Å²) in [6, 6.07) is 19.6. The number of fused-ring (bicyclic) bond motifs is 1. The number of rotatable bonds is 12. The zero-order chi connectivity index (χ0) is 32.7. The van der Waals surface area contributed by atoms with Crippen LogP contribution in [0, 0.1) is 0 Å². The molecule has 0 bridgehead atoms. The van der Waals surface area contributed by atoms with Crippen LogP contribution in [-0.4, -0.2) is 69.2 Å². The largest absolute Gasteiger partial charge is 0.497 e. The molecule has 3 atom stereocenters. The van der Waals surface area contributed by atoms with Crippen LogP contribution >= 0.6 is 11.6 Å². The fourth-order valence-corrected chi connectivity index (χ4v) is 6.43. The molecular formula is C33H43ClN6O4Si. The van der Waals surface area contributed by atoms with Crippen LogP contribution in [0.1, 0.15) is 47.7 Å². The van der Waals surface area contributed by atoms with Crippen molar-refractivity contribution in [1.82, 2.24) is 10.6 Å². The van der Waals surface area contributed by atoms with Gasteiger partial charge in [-0.25, -0.2) is 0 Å². The third-order valence-electron chi connectivity index (χ3n) is 7.74. The maximum atomic E-state index is 13.1. The Morgan fingerprint density at radius 2 is 1.76 bits per heavy atom. The van der Waals surface area contributed by atoms with Crippen LogP contribution in [0.5, 0.6) is 5.75 Å². The SMILES string of the molecule is COc1ccc2c(c1)C(c1ccc(Cl)cc1)=N[C@@H](CC(=O)NCCCCNC(=O)c1cccc([Si](C)(C)O)c1)C(N)N2C(C)N. The quantitative estimate of drug-likeness (QED) is 0.149. The molecule has 1 aliphatic heterocycles. The average Bonchev–Trinajstić information content (AvgIpc) is 3.12. The number of ether oxygens (including phenoxy) is 1. The van der Waals surface area contributed by atoms with Gasteiger partial charge in [-0.15, -0.1) is 0 Å². The summed E-state index contributed by atoms with van der Waals surface area (Å²) < 4.78 is 5.51. The smallest absolute Gasteiger partial charge is 0.251 e. The van der Waals surface area contributed by atoms with Crippen molar-refractivity contribution in [2.45, 2.75) is 57.7 Å². The van der Waals surface area contributed by atoms with E-state index in [9.17, 15) is 14.4 Å². The molecule has 4 rings (SSSR count). The minimum atomic E-state index is -2.50. The number of anilines is 1. The monoisotopic (exact) mass is 650 g/mol. The normalized spacial score (nSPS) is 17.1. The predicted molar refractivity (Wildman–Crippen MR) is 183 cm³/mol. The van der Waals surface area contributed by atoms with Crippen molar-refractivity contribution < 1.29 is 19.1 Å². The van der Waals surface area contributed by atoms with E-state index in [2.05, 4.69) is 10.6 Å². The first-order valence-electron chi connectivity index (χ1n) is 15.1. The summed E-state index contributed by atoms with van der Waals surface area (Å²) in [6.45, 7) is 6.39. The van der Waals surface area contributed by atoms with E-state index in [1.54, 1.807) is 37.4 Å². The molecule has 0 fully saturated rings. The number of benzodiazepines with no additional fused rings is 1. The van der Waals surface area contributed by atoms with Gasteiger partial charge in [0.05, 0.1) is 31.4 Å². The highest BCUT2D eigenvalue weighted by molar-refractivity contribution is 6.83. The van der Waals surface area contributed by atoms with Crippen LogP contribution in [0.15, 0.2) is 71.7 Å². The summed E-state index contributed by atoms with van der Waals surface area (Å²) in [5, 5.41) is 7.30. The summed E-state index contributed by atoms with van der Waals surface area (Å²) in [6.07, 6.45) is 0.302. The number of hydrogen-bond donors (Lipinski definition) is 5. The Morgan fingerprint density at radius 3 is 2.40 bits per heavy atom. The van der Waals surface area contributed by atoms with E-state index in [1.807, 2.05) is 61.3 Å². The highest BCUT2D eigenvalue weighted by Crippen LogP contribution is 2.34. The van der Waals surface area contributed by atoms with E-state index in [0.29, 0.717) is 48.0 Å². The van der Waals surface area contributed by atoms with Crippen molar-refractivity contribution in [3.63, 3.8) is 0 Å². The summed E-state index contributed by atoms with van der Waals surface area (Å²) >= 11 is 6.18. The highest BCUT2D eigenvalue weighted by Gasteiger charge is 2.34. The molecule has 0 aliphatic carbocycles. The van der Waals surface area contributed by atoms with Gasteiger partial charge in [-0.1, -0.05) is 35.9 Å². The number of hydrogen-bond acceptors (Lipinski definition) is 8. The standard InChI is InChI=1S/C33H43ClN6O4Si/c1-21(35)40-29-15-14-25(44-2)19-27(29)31(22-10-12-24(34)13-11-22)39-28(32(40)36)20-30(41)37-16-5-6-17-38-33(42)23-8-7-9-26(18-23)45(3,4)43/h7-15,18-19,21,28,32,43H,5-6,16-17,20,35-36H2,1-4H3,(H,37,41)(H,38,42)/t21?,28-,32?/m0/s1. The van der Waals surface area contributed by atoms with Gasteiger partial charge in [0.25, 0.3) is 5.91 Å². The summed E-state index contributed by atoms with van der Waals surface area (Å²) in [5.74, 6) is 0.290. The number of halogens is 1. The average molecular weight is 651 g/mol. The topological polar surface area (TPSA) is 155 Å². The fraction of sp³-hybridized carbons (Fsp3) is 0.364. The lowest BCUT2D eigenvalue weighted by Crippen LogP contribution is -2.56. The molecule has 12 heteroatoms. The number of aliphatic imine (C=N–C) groups is 1. The molecule has 2 amide bonds. The molecule has 7 N–H and O–H groups in total. The van der Waals surface area contributed by atoms with Crippen molar-refractivity contribution in [3.8, 4) is 5.75 Å². The number of carbonyl (C=O) groups excluding carboxylic acids is 2. The molecule has 3 aromatic carbocycles. The maximum absolute atomic E-state index is 13.1. The van der Waals surface area contributed by atoms with Gasteiger partial charge >= 0.3 is 0 Å². The first-order valence-corrected chi connectivity index (χ1v) is 18.4. The molecule has 3 aromatic rings. The zero-order valence-electron chi connectivity index (χ0n) is 26.2. The van der Waals surface area contributed by atoms with Gasteiger partial charge in [-0.2, -0.15) is 0 Å². The second-order valence-corrected chi connectivity index (χ2v) is 15.9. The van der Waals surface area contributed by atoms with Gasteiger partial charge in [0.2, 0.25) is 14.2 Å². The van der Waals surface area contributed by atoms with E-state index in [1.165, 1.54) is 0 Å². The van der Waals surface area contributed by atoms with Gasteiger partial charge in [0, 0.05) is 40.5 Å². The highest BCUT2D eigenvalue weighted by atomic mass is 35.5. The molecule has 2 unspecified atom stereocenters. The van der Waals surface area contributed by atoms with Gasteiger partial charge < -0.3 is 36.5 Å². The molecule has 0 radical (unpaired) electrons. The van der Waals surface area contributed by atoms with Gasteiger partial charge in [-0.05, 0) is 80.5 Å². The number of carbonyl (C=O) groups is 2. The Labute approximate surface area is 270 Å². The number of nitrogens with two attached hydrogens (primary N) is 2. The third-order valence-corrected chi connectivity index (χ3v) is 9.72. The lowest BCUT2D eigenvalue weighted by molar-refractivity contribution is -0.121. The minimum Gasteiger partial charge on any atom is -0.497 e. The zero-order valence-corrected chi connectivity index (χ0v) is 28.0. The van der Waals surface area contributed by atoms with Crippen LogP contribution in [0.25, 0.3) is 0 Å². The van der Waals surface area contributed by atoms with E-state index >= 15 is 0 Å². The predicted octanol–water partition coefficient (Wildman–Crippen LogP) is 3.09. The lowest BCUT2D eigenvalue weighted by atomic mass is 9.99. The Hall–Kier alpha value is -3.74. The molecule has 0 saturated carbocycles.